The van der Waals surface area contributed by atoms with E-state index in [1.54, 1.807) is 25.7 Å². The third-order valence-electron chi connectivity index (χ3n) is 3.39. The van der Waals surface area contributed by atoms with Crippen molar-refractivity contribution < 1.29 is 9.59 Å². The highest BCUT2D eigenvalue weighted by Crippen LogP contribution is 2.33. The van der Waals surface area contributed by atoms with Crippen LogP contribution in [0.2, 0.25) is 0 Å². The van der Waals surface area contributed by atoms with E-state index in [0.29, 0.717) is 0 Å². The SMILES string of the molecule is Cc1cccc(N2C(=O)C(C)(C)NC(=O)C2C)c1Br. The predicted molar refractivity (Wildman–Crippen MR) is 78.0 cm³/mol. The Kier molecular flexibility index (Phi) is 3.43. The number of carbonyl (C=O) groups is 2. The number of amides is 2. The van der Waals surface area contributed by atoms with Gasteiger partial charge >= 0.3 is 0 Å². The normalized spacial score (nSPS) is 22.4. The highest BCUT2D eigenvalue weighted by atomic mass is 79.9. The topological polar surface area (TPSA) is 49.4 Å². The number of anilines is 1. The Hall–Kier alpha value is -1.36. The Morgan fingerprint density at radius 3 is 2.58 bits per heavy atom. The Bertz CT molecular complexity index is 554. The summed E-state index contributed by atoms with van der Waals surface area (Å²) in [6.45, 7) is 7.13. The van der Waals surface area contributed by atoms with Crippen molar-refractivity contribution >= 4 is 33.4 Å². The molecule has 0 aliphatic carbocycles. The summed E-state index contributed by atoms with van der Waals surface area (Å²) >= 11 is 3.50. The third kappa shape index (κ3) is 2.27. The molecule has 5 heteroatoms. The van der Waals surface area contributed by atoms with Crippen LogP contribution in [0, 0.1) is 6.92 Å². The van der Waals surface area contributed by atoms with Gasteiger partial charge in [0.25, 0.3) is 5.91 Å². The van der Waals surface area contributed by atoms with Gasteiger partial charge in [-0.25, -0.2) is 0 Å². The molecule has 0 spiro atoms. The monoisotopic (exact) mass is 324 g/mol. The molecule has 1 aromatic carbocycles. The van der Waals surface area contributed by atoms with Crippen molar-refractivity contribution in [3.8, 4) is 0 Å². The van der Waals surface area contributed by atoms with Crippen molar-refractivity contribution in [2.24, 2.45) is 0 Å². The van der Waals surface area contributed by atoms with Crippen LogP contribution in [0.5, 0.6) is 0 Å². The standard InChI is InChI=1S/C14H17BrN2O2/c1-8-6-5-7-10(11(8)15)17-9(2)12(18)16-14(3,4)13(17)19/h5-7,9H,1-4H3,(H,16,18). The number of benzene rings is 1. The van der Waals surface area contributed by atoms with E-state index in [1.165, 1.54) is 0 Å². The first-order valence-electron chi connectivity index (χ1n) is 6.16. The molecule has 1 N–H and O–H groups in total. The van der Waals surface area contributed by atoms with Gasteiger partial charge in [-0.05, 0) is 55.3 Å². The van der Waals surface area contributed by atoms with Crippen molar-refractivity contribution in [2.45, 2.75) is 39.3 Å². The molecule has 1 atom stereocenters. The van der Waals surface area contributed by atoms with Gasteiger partial charge < -0.3 is 5.32 Å². The Morgan fingerprint density at radius 2 is 1.95 bits per heavy atom. The molecule has 1 aliphatic rings. The van der Waals surface area contributed by atoms with E-state index in [0.717, 1.165) is 15.7 Å². The summed E-state index contributed by atoms with van der Waals surface area (Å²) in [6.07, 6.45) is 0. The number of hydrogen-bond acceptors (Lipinski definition) is 2. The van der Waals surface area contributed by atoms with Crippen molar-refractivity contribution in [1.82, 2.24) is 5.32 Å². The summed E-state index contributed by atoms with van der Waals surface area (Å²) in [6, 6.07) is 5.17. The zero-order valence-corrected chi connectivity index (χ0v) is 13.0. The lowest BCUT2D eigenvalue weighted by Gasteiger charge is -2.41. The summed E-state index contributed by atoms with van der Waals surface area (Å²) in [4.78, 5) is 26.1. The van der Waals surface area contributed by atoms with Gasteiger partial charge in [-0.15, -0.1) is 0 Å². The van der Waals surface area contributed by atoms with Crippen LogP contribution in [0.25, 0.3) is 0 Å². The van der Waals surface area contributed by atoms with Gasteiger partial charge in [0.1, 0.15) is 11.6 Å². The molecule has 1 unspecified atom stereocenters. The first-order valence-corrected chi connectivity index (χ1v) is 6.96. The molecule has 0 aromatic heterocycles. The number of carbonyl (C=O) groups excluding carboxylic acids is 2. The van der Waals surface area contributed by atoms with Gasteiger partial charge in [-0.3, -0.25) is 14.5 Å². The highest BCUT2D eigenvalue weighted by molar-refractivity contribution is 9.10. The summed E-state index contributed by atoms with van der Waals surface area (Å²) < 4.78 is 0.848. The zero-order chi connectivity index (χ0) is 14.4. The molecule has 4 nitrogen and oxygen atoms in total. The van der Waals surface area contributed by atoms with Gasteiger partial charge in [0.2, 0.25) is 5.91 Å². The van der Waals surface area contributed by atoms with Gasteiger partial charge in [0, 0.05) is 4.47 Å². The van der Waals surface area contributed by atoms with Crippen LogP contribution < -0.4 is 10.2 Å². The minimum Gasteiger partial charge on any atom is -0.340 e. The van der Waals surface area contributed by atoms with Gasteiger partial charge in [0.15, 0.2) is 0 Å². The van der Waals surface area contributed by atoms with Crippen molar-refractivity contribution in [3.63, 3.8) is 0 Å². The van der Waals surface area contributed by atoms with Crippen LogP contribution in [0.15, 0.2) is 22.7 Å². The van der Waals surface area contributed by atoms with E-state index in [2.05, 4.69) is 21.2 Å². The Labute approximate surface area is 121 Å². The van der Waals surface area contributed by atoms with Gasteiger partial charge in [-0.1, -0.05) is 12.1 Å². The molecule has 1 aliphatic heterocycles. The fraction of sp³-hybridized carbons (Fsp3) is 0.429. The number of halogens is 1. The third-order valence-corrected chi connectivity index (χ3v) is 4.42. The van der Waals surface area contributed by atoms with E-state index in [-0.39, 0.29) is 11.8 Å². The minimum atomic E-state index is -0.882. The average Bonchev–Trinajstić information content (AvgIpc) is 2.32. The summed E-state index contributed by atoms with van der Waals surface area (Å²) in [5.74, 6) is -0.246. The molecule has 1 saturated heterocycles. The second-order valence-electron chi connectivity index (χ2n) is 5.37. The van der Waals surface area contributed by atoms with E-state index in [1.807, 2.05) is 25.1 Å². The van der Waals surface area contributed by atoms with E-state index < -0.39 is 11.6 Å². The zero-order valence-electron chi connectivity index (χ0n) is 11.5. The van der Waals surface area contributed by atoms with Crippen LogP contribution in [0.3, 0.4) is 0 Å². The Morgan fingerprint density at radius 1 is 1.32 bits per heavy atom. The summed E-state index contributed by atoms with van der Waals surface area (Å²) in [7, 11) is 0. The molecule has 0 bridgehead atoms. The molecule has 1 aromatic rings. The van der Waals surface area contributed by atoms with Crippen molar-refractivity contribution in [2.75, 3.05) is 4.90 Å². The van der Waals surface area contributed by atoms with Crippen molar-refractivity contribution in [3.05, 3.63) is 28.2 Å². The van der Waals surface area contributed by atoms with E-state index >= 15 is 0 Å². The van der Waals surface area contributed by atoms with Gasteiger partial charge in [-0.2, -0.15) is 0 Å². The largest absolute Gasteiger partial charge is 0.340 e. The molecular weight excluding hydrogens is 308 g/mol. The van der Waals surface area contributed by atoms with Crippen LogP contribution in [-0.2, 0) is 9.59 Å². The molecule has 1 heterocycles. The van der Waals surface area contributed by atoms with Crippen LogP contribution in [0.4, 0.5) is 5.69 Å². The summed E-state index contributed by atoms with van der Waals surface area (Å²) in [5.41, 5.74) is 0.883. The first-order chi connectivity index (χ1) is 8.75. The molecular formula is C14H17BrN2O2. The number of nitrogens with one attached hydrogen (secondary N) is 1. The number of aryl methyl sites for hydroxylation is 1. The lowest BCUT2D eigenvalue weighted by atomic mass is 9.96. The van der Waals surface area contributed by atoms with Crippen LogP contribution in [0.1, 0.15) is 26.3 Å². The molecule has 19 heavy (non-hydrogen) atoms. The van der Waals surface area contributed by atoms with Gasteiger partial charge in [0.05, 0.1) is 5.69 Å². The second-order valence-corrected chi connectivity index (χ2v) is 6.17. The van der Waals surface area contributed by atoms with E-state index in [9.17, 15) is 9.59 Å². The maximum atomic E-state index is 12.6. The predicted octanol–water partition coefficient (Wildman–Crippen LogP) is 2.39. The number of rotatable bonds is 1. The molecule has 2 amide bonds. The quantitative estimate of drug-likeness (QED) is 0.862. The smallest absolute Gasteiger partial charge is 0.252 e. The average molecular weight is 325 g/mol. The molecule has 102 valence electrons. The maximum Gasteiger partial charge on any atom is 0.252 e. The summed E-state index contributed by atoms with van der Waals surface area (Å²) in [5, 5.41) is 2.74. The molecule has 1 fully saturated rings. The number of piperazine rings is 1. The molecule has 0 saturated carbocycles. The fourth-order valence-electron chi connectivity index (χ4n) is 2.20. The number of hydrogen-bond donors (Lipinski definition) is 1. The molecule has 2 rings (SSSR count). The van der Waals surface area contributed by atoms with E-state index in [4.69, 9.17) is 0 Å². The second kappa shape index (κ2) is 4.63. The molecule has 0 radical (unpaired) electrons. The maximum absolute atomic E-state index is 12.6. The first kappa shape index (κ1) is 14.1. The lowest BCUT2D eigenvalue weighted by Crippen LogP contribution is -2.67. The highest BCUT2D eigenvalue weighted by Gasteiger charge is 2.44. The minimum absolute atomic E-state index is 0.106. The van der Waals surface area contributed by atoms with Crippen LogP contribution >= 0.6 is 15.9 Å². The number of nitrogens with zero attached hydrogens (tertiary/aromatic N) is 1. The fourth-order valence-corrected chi connectivity index (χ4v) is 2.65. The van der Waals surface area contributed by atoms with Crippen molar-refractivity contribution in [1.29, 1.82) is 0 Å². The lowest BCUT2D eigenvalue weighted by molar-refractivity contribution is -0.136. The Balaban J connectivity index is 2.55. The van der Waals surface area contributed by atoms with Crippen LogP contribution in [-0.4, -0.2) is 23.4 Å².